The van der Waals surface area contributed by atoms with E-state index in [1.807, 2.05) is 7.05 Å². The van der Waals surface area contributed by atoms with Crippen molar-refractivity contribution in [3.63, 3.8) is 0 Å². The van der Waals surface area contributed by atoms with E-state index < -0.39 is 0 Å². The number of aryl methyl sites for hydroxylation is 2. The quantitative estimate of drug-likeness (QED) is 0.566. The van der Waals surface area contributed by atoms with E-state index in [1.54, 1.807) is 11.8 Å². The maximum atomic E-state index is 5.11. The highest BCUT2D eigenvalue weighted by molar-refractivity contribution is 8.23. The minimum absolute atomic E-state index is 0.817. The SMILES string of the molecule is CNC(=S)Sc1c(C)cccc1C. The molecule has 1 aromatic carbocycles. The van der Waals surface area contributed by atoms with Crippen molar-refractivity contribution in [2.75, 3.05) is 7.05 Å². The van der Waals surface area contributed by atoms with Gasteiger partial charge in [0.05, 0.1) is 0 Å². The van der Waals surface area contributed by atoms with Gasteiger partial charge in [0.25, 0.3) is 0 Å². The van der Waals surface area contributed by atoms with Gasteiger partial charge in [-0.1, -0.05) is 42.2 Å². The largest absolute Gasteiger partial charge is 0.374 e. The molecule has 0 radical (unpaired) electrons. The van der Waals surface area contributed by atoms with Crippen molar-refractivity contribution < 1.29 is 0 Å². The molecule has 0 fully saturated rings. The van der Waals surface area contributed by atoms with Crippen LogP contribution in [0.4, 0.5) is 0 Å². The van der Waals surface area contributed by atoms with E-state index in [-0.39, 0.29) is 0 Å². The first kappa shape index (κ1) is 10.5. The summed E-state index contributed by atoms with van der Waals surface area (Å²) in [7, 11) is 1.85. The number of nitrogens with one attached hydrogen (secondary N) is 1. The molecule has 1 N–H and O–H groups in total. The zero-order chi connectivity index (χ0) is 9.84. The molecule has 0 amide bonds. The molecule has 0 aliphatic heterocycles. The lowest BCUT2D eigenvalue weighted by molar-refractivity contribution is 1.21. The molecular formula is C10H13NS2. The monoisotopic (exact) mass is 211 g/mol. The van der Waals surface area contributed by atoms with Crippen molar-refractivity contribution in [3.05, 3.63) is 29.3 Å². The summed E-state index contributed by atoms with van der Waals surface area (Å²) in [5.41, 5.74) is 2.56. The molecule has 0 aromatic heterocycles. The van der Waals surface area contributed by atoms with E-state index in [2.05, 4.69) is 37.4 Å². The fourth-order valence-electron chi connectivity index (χ4n) is 1.10. The van der Waals surface area contributed by atoms with Crippen LogP contribution < -0.4 is 5.32 Å². The zero-order valence-electron chi connectivity index (χ0n) is 8.05. The van der Waals surface area contributed by atoms with Crippen molar-refractivity contribution in [1.82, 2.24) is 5.32 Å². The molecular weight excluding hydrogens is 198 g/mol. The summed E-state index contributed by atoms with van der Waals surface area (Å²) in [5.74, 6) is 0. The van der Waals surface area contributed by atoms with Crippen LogP contribution in [0.5, 0.6) is 0 Å². The van der Waals surface area contributed by atoms with E-state index in [0.29, 0.717) is 0 Å². The normalized spacial score (nSPS) is 9.77. The molecule has 70 valence electrons. The second-order valence-electron chi connectivity index (χ2n) is 2.86. The predicted octanol–water partition coefficient (Wildman–Crippen LogP) is 2.90. The van der Waals surface area contributed by atoms with Crippen LogP contribution in [0.3, 0.4) is 0 Å². The molecule has 0 saturated carbocycles. The van der Waals surface area contributed by atoms with Crippen LogP contribution in [-0.2, 0) is 0 Å². The number of hydrogen-bond acceptors (Lipinski definition) is 2. The lowest BCUT2D eigenvalue weighted by Crippen LogP contribution is -2.11. The molecule has 0 bridgehead atoms. The highest BCUT2D eigenvalue weighted by Gasteiger charge is 2.04. The van der Waals surface area contributed by atoms with E-state index in [1.165, 1.54) is 16.0 Å². The fourth-order valence-corrected chi connectivity index (χ4v) is 2.10. The molecule has 0 unspecified atom stereocenters. The van der Waals surface area contributed by atoms with Crippen molar-refractivity contribution >= 4 is 28.3 Å². The minimum Gasteiger partial charge on any atom is -0.374 e. The first-order valence-electron chi connectivity index (χ1n) is 4.11. The lowest BCUT2D eigenvalue weighted by atomic mass is 10.2. The van der Waals surface area contributed by atoms with Gasteiger partial charge >= 0.3 is 0 Å². The van der Waals surface area contributed by atoms with Crippen LogP contribution in [0, 0.1) is 13.8 Å². The fraction of sp³-hybridized carbons (Fsp3) is 0.300. The average Bonchev–Trinajstić information content (AvgIpc) is 2.11. The van der Waals surface area contributed by atoms with E-state index >= 15 is 0 Å². The number of thiocarbonyl (C=S) groups is 1. The van der Waals surface area contributed by atoms with Crippen molar-refractivity contribution in [1.29, 1.82) is 0 Å². The van der Waals surface area contributed by atoms with Crippen molar-refractivity contribution in [2.45, 2.75) is 18.7 Å². The molecule has 0 aliphatic rings. The smallest absolute Gasteiger partial charge is 0.138 e. The average molecular weight is 211 g/mol. The van der Waals surface area contributed by atoms with Crippen LogP contribution in [-0.4, -0.2) is 11.4 Å². The van der Waals surface area contributed by atoms with Gasteiger partial charge in [0.2, 0.25) is 0 Å². The van der Waals surface area contributed by atoms with E-state index in [9.17, 15) is 0 Å². The van der Waals surface area contributed by atoms with Gasteiger partial charge in [0, 0.05) is 11.9 Å². The molecule has 3 heteroatoms. The molecule has 13 heavy (non-hydrogen) atoms. The Morgan fingerprint density at radius 2 is 1.85 bits per heavy atom. The number of hydrogen-bond donors (Lipinski definition) is 1. The van der Waals surface area contributed by atoms with Gasteiger partial charge < -0.3 is 5.32 Å². The molecule has 1 aromatic rings. The van der Waals surface area contributed by atoms with Crippen LogP contribution in [0.1, 0.15) is 11.1 Å². The standard InChI is InChI=1S/C10H13NS2/c1-7-5-4-6-8(2)9(7)13-10(12)11-3/h4-6H,1-3H3,(H,11,12). The Morgan fingerprint density at radius 1 is 1.31 bits per heavy atom. The van der Waals surface area contributed by atoms with Crippen LogP contribution >= 0.6 is 24.0 Å². The highest BCUT2D eigenvalue weighted by Crippen LogP contribution is 2.26. The van der Waals surface area contributed by atoms with Gasteiger partial charge in [-0.05, 0) is 25.0 Å². The summed E-state index contributed by atoms with van der Waals surface area (Å²) in [5, 5.41) is 2.96. The number of thioether (sulfide) groups is 1. The molecule has 0 atom stereocenters. The summed E-state index contributed by atoms with van der Waals surface area (Å²) in [6, 6.07) is 6.28. The minimum atomic E-state index is 0.817. The summed E-state index contributed by atoms with van der Waals surface area (Å²) in [4.78, 5) is 1.27. The Labute approximate surface area is 88.9 Å². The summed E-state index contributed by atoms with van der Waals surface area (Å²) in [6.45, 7) is 4.21. The summed E-state index contributed by atoms with van der Waals surface area (Å²) >= 11 is 6.73. The van der Waals surface area contributed by atoms with Gasteiger partial charge in [0.1, 0.15) is 4.32 Å². The third-order valence-electron chi connectivity index (χ3n) is 1.81. The summed E-state index contributed by atoms with van der Waals surface area (Å²) < 4.78 is 0.817. The first-order chi connectivity index (χ1) is 6.15. The molecule has 0 heterocycles. The predicted molar refractivity (Wildman–Crippen MR) is 63.4 cm³/mol. The number of rotatable bonds is 1. The topological polar surface area (TPSA) is 12.0 Å². The van der Waals surface area contributed by atoms with Crippen molar-refractivity contribution in [2.24, 2.45) is 0 Å². The maximum Gasteiger partial charge on any atom is 0.138 e. The van der Waals surface area contributed by atoms with Crippen LogP contribution in [0.2, 0.25) is 0 Å². The van der Waals surface area contributed by atoms with E-state index in [0.717, 1.165) is 4.32 Å². The van der Waals surface area contributed by atoms with E-state index in [4.69, 9.17) is 12.2 Å². The Hall–Kier alpha value is -0.540. The number of benzene rings is 1. The Kier molecular flexibility index (Phi) is 3.75. The van der Waals surface area contributed by atoms with Crippen LogP contribution in [0.15, 0.2) is 23.1 Å². The van der Waals surface area contributed by atoms with Gasteiger partial charge in [-0.25, -0.2) is 0 Å². The Morgan fingerprint density at radius 3 is 2.31 bits per heavy atom. The molecule has 0 spiro atoms. The second-order valence-corrected chi connectivity index (χ2v) is 4.55. The molecule has 0 saturated heterocycles. The van der Waals surface area contributed by atoms with Crippen molar-refractivity contribution in [3.8, 4) is 0 Å². The second kappa shape index (κ2) is 4.63. The Bertz CT molecular complexity index is 300. The highest BCUT2D eigenvalue weighted by atomic mass is 32.2. The Balaban J connectivity index is 2.93. The molecule has 1 nitrogen and oxygen atoms in total. The van der Waals surface area contributed by atoms with Crippen LogP contribution in [0.25, 0.3) is 0 Å². The zero-order valence-corrected chi connectivity index (χ0v) is 9.68. The molecule has 0 aliphatic carbocycles. The summed E-state index contributed by atoms with van der Waals surface area (Å²) in [6.07, 6.45) is 0. The van der Waals surface area contributed by atoms with Gasteiger partial charge in [-0.3, -0.25) is 0 Å². The maximum absolute atomic E-state index is 5.11. The molecule has 1 rings (SSSR count). The van der Waals surface area contributed by atoms with Gasteiger partial charge in [-0.15, -0.1) is 0 Å². The lowest BCUT2D eigenvalue weighted by Gasteiger charge is -2.08. The third kappa shape index (κ3) is 2.71. The third-order valence-corrected chi connectivity index (χ3v) is 3.50. The first-order valence-corrected chi connectivity index (χ1v) is 5.33. The van der Waals surface area contributed by atoms with Gasteiger partial charge in [0.15, 0.2) is 0 Å². The van der Waals surface area contributed by atoms with Gasteiger partial charge in [-0.2, -0.15) is 0 Å².